The number of sulfonamides is 1. The van der Waals surface area contributed by atoms with Crippen molar-refractivity contribution >= 4 is 37.5 Å². The molecule has 0 atom stereocenters. The summed E-state index contributed by atoms with van der Waals surface area (Å²) >= 11 is 1.37. The van der Waals surface area contributed by atoms with Crippen LogP contribution in [0, 0.1) is 13.8 Å². The van der Waals surface area contributed by atoms with Crippen LogP contribution in [0.3, 0.4) is 0 Å². The first-order valence-electron chi connectivity index (χ1n) is 6.08. The van der Waals surface area contributed by atoms with Gasteiger partial charge in [-0.05, 0) is 37.6 Å². The van der Waals surface area contributed by atoms with E-state index in [1.807, 2.05) is 13.8 Å². The molecule has 6 nitrogen and oxygen atoms in total. The summed E-state index contributed by atoms with van der Waals surface area (Å²) in [5, 5.41) is 0.556. The van der Waals surface area contributed by atoms with Gasteiger partial charge in [0.1, 0.15) is 5.00 Å². The number of anilines is 1. The molecular weight excluding hydrogens is 312 g/mol. The quantitative estimate of drug-likeness (QED) is 0.774. The smallest absolute Gasteiger partial charge is 0.408 e. The minimum Gasteiger partial charge on any atom is -0.408 e. The number of thiophene rings is 1. The van der Waals surface area contributed by atoms with Gasteiger partial charge in [0.2, 0.25) is 0 Å². The van der Waals surface area contributed by atoms with Crippen LogP contribution in [0.4, 0.5) is 5.00 Å². The largest absolute Gasteiger partial charge is 0.417 e. The molecule has 110 valence electrons. The van der Waals surface area contributed by atoms with Gasteiger partial charge in [-0.1, -0.05) is 0 Å². The van der Waals surface area contributed by atoms with Gasteiger partial charge < -0.3 is 4.42 Å². The van der Waals surface area contributed by atoms with Crippen LogP contribution in [-0.2, 0) is 10.0 Å². The van der Waals surface area contributed by atoms with E-state index in [1.165, 1.54) is 29.5 Å². The van der Waals surface area contributed by atoms with Crippen LogP contribution >= 0.6 is 11.3 Å². The number of hydrogen-bond donors (Lipinski definition) is 2. The average molecular weight is 324 g/mol. The molecule has 3 aromatic rings. The Morgan fingerprint density at radius 2 is 2.00 bits per heavy atom. The predicted octanol–water partition coefficient (Wildman–Crippen LogP) is 2.60. The van der Waals surface area contributed by atoms with Crippen LogP contribution < -0.4 is 10.5 Å². The molecule has 3 rings (SSSR count). The predicted molar refractivity (Wildman–Crippen MR) is 81.4 cm³/mol. The maximum absolute atomic E-state index is 12.3. The van der Waals surface area contributed by atoms with Gasteiger partial charge in [0.25, 0.3) is 10.0 Å². The summed E-state index contributed by atoms with van der Waals surface area (Å²) in [4.78, 5) is 14.7. The van der Waals surface area contributed by atoms with Crippen LogP contribution in [0.25, 0.3) is 11.1 Å². The molecular formula is C13H12N2O4S2. The molecule has 0 spiro atoms. The molecule has 0 aliphatic rings. The number of hydrogen-bond acceptors (Lipinski definition) is 5. The van der Waals surface area contributed by atoms with Gasteiger partial charge >= 0.3 is 5.76 Å². The summed E-state index contributed by atoms with van der Waals surface area (Å²) in [5.74, 6) is -0.614. The highest BCUT2D eigenvalue weighted by Gasteiger charge is 2.17. The van der Waals surface area contributed by atoms with E-state index in [1.54, 1.807) is 6.07 Å². The van der Waals surface area contributed by atoms with E-state index in [4.69, 9.17) is 4.42 Å². The van der Waals surface area contributed by atoms with Crippen molar-refractivity contribution in [2.24, 2.45) is 0 Å². The number of aromatic nitrogens is 1. The maximum Gasteiger partial charge on any atom is 0.417 e. The van der Waals surface area contributed by atoms with Crippen molar-refractivity contribution in [1.82, 2.24) is 4.98 Å². The minimum absolute atomic E-state index is 0.0430. The fraction of sp³-hybridized carbons (Fsp3) is 0.154. The molecule has 0 amide bonds. The van der Waals surface area contributed by atoms with E-state index >= 15 is 0 Å². The molecule has 0 aliphatic heterocycles. The molecule has 0 aliphatic carbocycles. The summed E-state index contributed by atoms with van der Waals surface area (Å²) in [6, 6.07) is 6.03. The molecule has 8 heteroatoms. The van der Waals surface area contributed by atoms with E-state index in [0.29, 0.717) is 10.5 Å². The second-order valence-electron chi connectivity index (χ2n) is 4.63. The Balaban J connectivity index is 2.00. The normalized spacial score (nSPS) is 11.9. The summed E-state index contributed by atoms with van der Waals surface area (Å²) < 4.78 is 32.1. The molecule has 1 aromatic carbocycles. The molecule has 0 bridgehead atoms. The molecule has 0 saturated heterocycles. The third-order valence-electron chi connectivity index (χ3n) is 3.10. The lowest BCUT2D eigenvalue weighted by molar-refractivity contribution is 0.554. The fourth-order valence-corrected chi connectivity index (χ4v) is 4.14. The number of oxazole rings is 1. The molecule has 2 heterocycles. The van der Waals surface area contributed by atoms with E-state index in [0.717, 1.165) is 10.4 Å². The van der Waals surface area contributed by atoms with Crippen LogP contribution in [0.15, 0.2) is 38.4 Å². The van der Waals surface area contributed by atoms with E-state index in [2.05, 4.69) is 9.71 Å². The lowest BCUT2D eigenvalue weighted by Gasteiger charge is -2.05. The first kappa shape index (κ1) is 13.9. The van der Waals surface area contributed by atoms with Gasteiger partial charge in [0, 0.05) is 10.9 Å². The summed E-state index contributed by atoms with van der Waals surface area (Å²) in [7, 11) is -3.71. The Labute approximate surface area is 124 Å². The van der Waals surface area contributed by atoms with Crippen LogP contribution in [-0.4, -0.2) is 13.4 Å². The Kier molecular flexibility index (Phi) is 3.14. The zero-order valence-corrected chi connectivity index (χ0v) is 12.9. The van der Waals surface area contributed by atoms with Crippen molar-refractivity contribution in [3.05, 3.63) is 45.3 Å². The molecule has 21 heavy (non-hydrogen) atoms. The van der Waals surface area contributed by atoms with E-state index in [-0.39, 0.29) is 10.5 Å². The van der Waals surface area contributed by atoms with Gasteiger partial charge in [-0.3, -0.25) is 9.71 Å². The molecule has 0 fully saturated rings. The zero-order chi connectivity index (χ0) is 15.2. The minimum atomic E-state index is -3.71. The summed E-state index contributed by atoms with van der Waals surface area (Å²) in [6.07, 6.45) is 0. The Morgan fingerprint density at radius 3 is 2.67 bits per heavy atom. The second kappa shape index (κ2) is 4.74. The standard InChI is InChI=1S/C13H12N2O4S2/c1-7-5-12(20-8(7)2)15-21(17,18)9-3-4-10-11(6-9)19-13(16)14-10/h3-6,15H,1-2H3,(H,14,16). The number of nitrogens with one attached hydrogen (secondary N) is 2. The SMILES string of the molecule is Cc1cc(NS(=O)(=O)c2ccc3[nH]c(=O)oc3c2)sc1C. The highest BCUT2D eigenvalue weighted by Crippen LogP contribution is 2.28. The van der Waals surface area contributed by atoms with E-state index < -0.39 is 15.8 Å². The number of H-pyrrole nitrogens is 1. The van der Waals surface area contributed by atoms with Crippen molar-refractivity contribution < 1.29 is 12.8 Å². The summed E-state index contributed by atoms with van der Waals surface area (Å²) in [5.41, 5.74) is 1.70. The van der Waals surface area contributed by atoms with Gasteiger partial charge in [-0.25, -0.2) is 13.2 Å². The average Bonchev–Trinajstić information content (AvgIpc) is 2.90. The number of rotatable bonds is 3. The Morgan fingerprint density at radius 1 is 1.24 bits per heavy atom. The fourth-order valence-electron chi connectivity index (χ4n) is 1.91. The molecule has 0 saturated carbocycles. The topological polar surface area (TPSA) is 92.2 Å². The van der Waals surface area contributed by atoms with Crippen LogP contribution in [0.1, 0.15) is 10.4 Å². The number of fused-ring (bicyclic) bond motifs is 1. The monoisotopic (exact) mass is 324 g/mol. The molecule has 0 unspecified atom stereocenters. The van der Waals surface area contributed by atoms with Crippen molar-refractivity contribution in [2.75, 3.05) is 4.72 Å². The first-order chi connectivity index (χ1) is 9.85. The lowest BCUT2D eigenvalue weighted by Crippen LogP contribution is -2.11. The molecule has 0 radical (unpaired) electrons. The number of benzene rings is 1. The van der Waals surface area contributed by atoms with Gasteiger partial charge in [-0.15, -0.1) is 11.3 Å². The highest BCUT2D eigenvalue weighted by molar-refractivity contribution is 7.93. The number of aromatic amines is 1. The molecule has 2 N–H and O–H groups in total. The lowest BCUT2D eigenvalue weighted by atomic mass is 10.3. The van der Waals surface area contributed by atoms with Gasteiger partial charge in [0.05, 0.1) is 10.4 Å². The van der Waals surface area contributed by atoms with Crippen LogP contribution in [0.5, 0.6) is 0 Å². The van der Waals surface area contributed by atoms with Gasteiger partial charge in [-0.2, -0.15) is 0 Å². The van der Waals surface area contributed by atoms with E-state index in [9.17, 15) is 13.2 Å². The highest BCUT2D eigenvalue weighted by atomic mass is 32.2. The molecule has 2 aromatic heterocycles. The zero-order valence-electron chi connectivity index (χ0n) is 11.3. The van der Waals surface area contributed by atoms with Crippen molar-refractivity contribution in [3.63, 3.8) is 0 Å². The van der Waals surface area contributed by atoms with Crippen molar-refractivity contribution in [1.29, 1.82) is 0 Å². The van der Waals surface area contributed by atoms with Crippen molar-refractivity contribution in [3.8, 4) is 0 Å². The Bertz CT molecular complexity index is 960. The van der Waals surface area contributed by atoms with Crippen molar-refractivity contribution in [2.45, 2.75) is 18.7 Å². The van der Waals surface area contributed by atoms with Gasteiger partial charge in [0.15, 0.2) is 5.58 Å². The number of aryl methyl sites for hydroxylation is 2. The third kappa shape index (κ3) is 2.59. The Hall–Kier alpha value is -2.06. The summed E-state index contributed by atoms with van der Waals surface area (Å²) in [6.45, 7) is 3.85. The second-order valence-corrected chi connectivity index (χ2v) is 7.57. The maximum atomic E-state index is 12.3. The third-order valence-corrected chi connectivity index (χ3v) is 5.66. The van der Waals surface area contributed by atoms with Crippen LogP contribution in [0.2, 0.25) is 0 Å². The first-order valence-corrected chi connectivity index (χ1v) is 8.38.